The molecule has 0 aliphatic carbocycles. The Kier molecular flexibility index (Phi) is 8.28. The largest absolute Gasteiger partial charge is 0.471 e. The van der Waals surface area contributed by atoms with Gasteiger partial charge in [-0.3, -0.25) is 24.0 Å². The molecule has 3 aliphatic rings. The van der Waals surface area contributed by atoms with Gasteiger partial charge in [0.25, 0.3) is 0 Å². The Balaban J connectivity index is 2.06. The molecule has 4 N–H and O–H groups in total. The summed E-state index contributed by atoms with van der Waals surface area (Å²) in [4.78, 5) is 65.6. The first-order valence-corrected chi connectivity index (χ1v) is 12.5. The molecule has 5 amide bonds. The van der Waals surface area contributed by atoms with Crippen LogP contribution >= 0.6 is 0 Å². The van der Waals surface area contributed by atoms with Crippen molar-refractivity contribution in [1.82, 2.24) is 26.2 Å². The van der Waals surface area contributed by atoms with E-state index < -0.39 is 71.2 Å². The van der Waals surface area contributed by atoms with Gasteiger partial charge in [-0.1, -0.05) is 27.7 Å². The van der Waals surface area contributed by atoms with Crippen LogP contribution in [-0.4, -0.2) is 77.9 Å². The molecular formula is C24H33F3N6O5. The fraction of sp³-hybridized carbons (Fsp3) is 0.750. The molecule has 210 valence electrons. The second kappa shape index (κ2) is 10.8. The Bertz CT molecular complexity index is 1040. The maximum atomic E-state index is 13.8. The number of hydrogen-bond acceptors (Lipinski definition) is 6. The van der Waals surface area contributed by atoms with Gasteiger partial charge in [0, 0.05) is 24.4 Å². The predicted octanol–water partition coefficient (Wildman–Crippen LogP) is -0.0342. The van der Waals surface area contributed by atoms with E-state index in [0.717, 1.165) is 4.90 Å². The average Bonchev–Trinajstić information content (AvgIpc) is 3.43. The smallest absolute Gasteiger partial charge is 0.354 e. The lowest BCUT2D eigenvalue weighted by atomic mass is 9.82. The van der Waals surface area contributed by atoms with Crippen molar-refractivity contribution in [2.75, 3.05) is 13.1 Å². The van der Waals surface area contributed by atoms with E-state index in [4.69, 9.17) is 0 Å². The molecule has 3 heterocycles. The van der Waals surface area contributed by atoms with Gasteiger partial charge in [0.2, 0.25) is 23.6 Å². The van der Waals surface area contributed by atoms with Gasteiger partial charge in [-0.2, -0.15) is 18.4 Å². The standard InChI is InChI=1S/C24H33F3N6O5/c1-11(2)14-5-6-33-16(14)20(36)30-13(9-28)7-12-8-15(31-18(12)34)19(35)29-10-23(3,4)17(21(33)37)32-22(38)24(25,26)27/h11-17H,5-8,10H2,1-4H3,(H,29,35)(H,30,36)(H,31,34)(H,32,38)/t12-,13?,14-,15+,16+,17-/m1/s1. The van der Waals surface area contributed by atoms with E-state index in [0.29, 0.717) is 6.42 Å². The number of nitrogens with zero attached hydrogens (tertiary/aromatic N) is 2. The molecule has 2 bridgehead atoms. The quantitative estimate of drug-likeness (QED) is 0.383. The monoisotopic (exact) mass is 542 g/mol. The second-order valence-corrected chi connectivity index (χ2v) is 11.2. The molecule has 3 saturated heterocycles. The van der Waals surface area contributed by atoms with Crippen LogP contribution in [0.25, 0.3) is 0 Å². The number of hydrogen-bond donors (Lipinski definition) is 4. The Morgan fingerprint density at radius 2 is 1.76 bits per heavy atom. The summed E-state index contributed by atoms with van der Waals surface area (Å²) in [6, 6.07) is -2.98. The highest BCUT2D eigenvalue weighted by Gasteiger charge is 2.51. The number of carbonyl (C=O) groups excluding carboxylic acids is 5. The van der Waals surface area contributed by atoms with Gasteiger partial charge in [0.1, 0.15) is 24.2 Å². The minimum Gasteiger partial charge on any atom is -0.354 e. The summed E-state index contributed by atoms with van der Waals surface area (Å²) >= 11 is 0. The van der Waals surface area contributed by atoms with Crippen molar-refractivity contribution in [3.8, 4) is 6.07 Å². The SMILES string of the molecule is CC(C)[C@H]1CCN2C(=O)[C@@H](NC(=O)C(F)(F)F)C(C)(C)CNC(=O)[C@@H]3C[C@@H](CC(C#N)NC(=O)[C@H]12)C(=O)N3. The van der Waals surface area contributed by atoms with Crippen molar-refractivity contribution in [2.24, 2.45) is 23.2 Å². The van der Waals surface area contributed by atoms with E-state index >= 15 is 0 Å². The van der Waals surface area contributed by atoms with Crippen LogP contribution in [0.15, 0.2) is 0 Å². The predicted molar refractivity (Wildman–Crippen MR) is 125 cm³/mol. The molecule has 3 rings (SSSR count). The topological polar surface area (TPSA) is 160 Å². The number of halogens is 3. The van der Waals surface area contributed by atoms with E-state index in [1.54, 1.807) is 5.32 Å². The highest BCUT2D eigenvalue weighted by Crippen LogP contribution is 2.34. The van der Waals surface area contributed by atoms with Crippen LogP contribution in [0.1, 0.15) is 47.0 Å². The number of carbonyl (C=O) groups is 5. The highest BCUT2D eigenvalue weighted by molar-refractivity contribution is 5.95. The second-order valence-electron chi connectivity index (χ2n) is 11.2. The molecule has 1 unspecified atom stereocenters. The van der Waals surface area contributed by atoms with Crippen molar-refractivity contribution < 1.29 is 37.1 Å². The Morgan fingerprint density at radius 1 is 1.11 bits per heavy atom. The molecule has 38 heavy (non-hydrogen) atoms. The van der Waals surface area contributed by atoms with Gasteiger partial charge in [0.15, 0.2) is 0 Å². The van der Waals surface area contributed by atoms with Crippen molar-refractivity contribution in [3.05, 3.63) is 0 Å². The van der Waals surface area contributed by atoms with Gasteiger partial charge in [-0.15, -0.1) is 0 Å². The molecule has 11 nitrogen and oxygen atoms in total. The van der Waals surface area contributed by atoms with Crippen molar-refractivity contribution in [2.45, 2.75) is 77.3 Å². The molecule has 3 aliphatic heterocycles. The lowest BCUT2D eigenvalue weighted by Gasteiger charge is -2.38. The number of rotatable bonds is 2. The highest BCUT2D eigenvalue weighted by atomic mass is 19.4. The summed E-state index contributed by atoms with van der Waals surface area (Å²) in [7, 11) is 0. The van der Waals surface area contributed by atoms with Gasteiger partial charge in [0.05, 0.1) is 6.07 Å². The van der Waals surface area contributed by atoms with E-state index in [9.17, 15) is 42.4 Å². The average molecular weight is 543 g/mol. The first-order valence-electron chi connectivity index (χ1n) is 12.5. The van der Waals surface area contributed by atoms with Crippen molar-refractivity contribution in [3.63, 3.8) is 0 Å². The summed E-state index contributed by atoms with van der Waals surface area (Å²) < 4.78 is 39.6. The maximum absolute atomic E-state index is 13.8. The third-order valence-electron chi connectivity index (χ3n) is 7.65. The summed E-state index contributed by atoms with van der Waals surface area (Å²) in [5.41, 5.74) is -1.43. The van der Waals surface area contributed by atoms with Crippen LogP contribution in [0.5, 0.6) is 0 Å². The molecule has 6 atom stereocenters. The number of amides is 5. The fourth-order valence-electron chi connectivity index (χ4n) is 5.41. The summed E-state index contributed by atoms with van der Waals surface area (Å²) in [5, 5.41) is 19.1. The maximum Gasteiger partial charge on any atom is 0.471 e. The van der Waals surface area contributed by atoms with Crippen LogP contribution in [-0.2, 0) is 24.0 Å². The number of nitrogens with one attached hydrogen (secondary N) is 4. The van der Waals surface area contributed by atoms with Gasteiger partial charge >= 0.3 is 12.1 Å². The molecule has 0 aromatic carbocycles. The number of alkyl halides is 3. The first-order chi connectivity index (χ1) is 17.6. The van der Waals surface area contributed by atoms with Gasteiger partial charge in [-0.25, -0.2) is 0 Å². The summed E-state index contributed by atoms with van der Waals surface area (Å²) in [6.07, 6.45) is -4.90. The molecule has 0 radical (unpaired) electrons. The molecule has 14 heteroatoms. The minimum atomic E-state index is -5.28. The number of fused-ring (bicyclic) bond motifs is 3. The van der Waals surface area contributed by atoms with Crippen molar-refractivity contribution >= 4 is 29.5 Å². The van der Waals surface area contributed by atoms with Crippen LogP contribution in [0.2, 0.25) is 0 Å². The minimum absolute atomic E-state index is 0.0465. The first kappa shape index (κ1) is 29.2. The fourth-order valence-corrected chi connectivity index (χ4v) is 5.41. The van der Waals surface area contributed by atoms with E-state index in [1.807, 2.05) is 19.9 Å². The third kappa shape index (κ3) is 6.02. The van der Waals surface area contributed by atoms with Crippen LogP contribution in [0.4, 0.5) is 13.2 Å². The summed E-state index contributed by atoms with van der Waals surface area (Å²) in [5.74, 6) is -6.16. The van der Waals surface area contributed by atoms with E-state index in [2.05, 4.69) is 16.0 Å². The molecule has 3 fully saturated rings. The van der Waals surface area contributed by atoms with Gasteiger partial charge in [-0.05, 0) is 31.1 Å². The Hall–Kier alpha value is -3.37. The lowest BCUT2D eigenvalue weighted by Crippen LogP contribution is -2.63. The Morgan fingerprint density at radius 3 is 2.34 bits per heavy atom. The van der Waals surface area contributed by atoms with E-state index in [1.165, 1.54) is 13.8 Å². The van der Waals surface area contributed by atoms with Gasteiger partial charge < -0.3 is 26.2 Å². The molecule has 0 spiro atoms. The lowest BCUT2D eigenvalue weighted by molar-refractivity contribution is -0.176. The zero-order valence-electron chi connectivity index (χ0n) is 21.6. The zero-order chi connectivity index (χ0) is 28.6. The van der Waals surface area contributed by atoms with E-state index in [-0.39, 0.29) is 37.8 Å². The van der Waals surface area contributed by atoms with Crippen LogP contribution < -0.4 is 21.3 Å². The molecular weight excluding hydrogens is 509 g/mol. The normalized spacial score (nSPS) is 32.3. The van der Waals surface area contributed by atoms with Crippen molar-refractivity contribution in [1.29, 1.82) is 5.26 Å². The molecule has 0 aromatic rings. The molecule has 0 aromatic heterocycles. The third-order valence-corrected chi connectivity index (χ3v) is 7.65. The zero-order valence-corrected chi connectivity index (χ0v) is 21.6. The molecule has 0 saturated carbocycles. The van der Waals surface area contributed by atoms with Crippen LogP contribution in [0.3, 0.4) is 0 Å². The summed E-state index contributed by atoms with van der Waals surface area (Å²) in [6.45, 7) is 6.25. The number of nitriles is 1. The Labute approximate surface area is 218 Å². The van der Waals surface area contributed by atoms with Crippen LogP contribution in [0, 0.1) is 34.5 Å².